The number of rotatable bonds is 4. The van der Waals surface area contributed by atoms with E-state index in [4.69, 9.17) is 5.73 Å². The third-order valence-electron chi connectivity index (χ3n) is 3.03. The van der Waals surface area contributed by atoms with E-state index in [-0.39, 0.29) is 17.3 Å². The average Bonchev–Trinajstić information content (AvgIpc) is 2.65. The minimum Gasteiger partial charge on any atom is -0.381 e. The quantitative estimate of drug-likeness (QED) is 0.849. The zero-order valence-electron chi connectivity index (χ0n) is 11.4. The van der Waals surface area contributed by atoms with Gasteiger partial charge in [-0.15, -0.1) is 0 Å². The van der Waals surface area contributed by atoms with E-state index in [1.807, 2.05) is 0 Å². The monoisotopic (exact) mass is 376 g/mol. The van der Waals surface area contributed by atoms with E-state index in [0.717, 1.165) is 0 Å². The number of nitrogens with one attached hydrogen (secondary N) is 1. The Kier molecular flexibility index (Phi) is 4.35. The van der Waals surface area contributed by atoms with Crippen LogP contribution in [0.3, 0.4) is 0 Å². The maximum atomic E-state index is 13.2. The summed E-state index contributed by atoms with van der Waals surface area (Å²) in [7, 11) is -2.23. The third kappa shape index (κ3) is 3.25. The SMILES string of the molecule is Cc1c(S(=O)(=O)NCc2cc(F)ccc2Br)c(N)nn1C. The van der Waals surface area contributed by atoms with E-state index in [2.05, 4.69) is 25.8 Å². The van der Waals surface area contributed by atoms with Gasteiger partial charge in [0, 0.05) is 18.1 Å². The Morgan fingerprint density at radius 3 is 2.71 bits per heavy atom. The largest absolute Gasteiger partial charge is 0.381 e. The van der Waals surface area contributed by atoms with Gasteiger partial charge >= 0.3 is 0 Å². The molecule has 0 aliphatic rings. The topological polar surface area (TPSA) is 90.0 Å². The summed E-state index contributed by atoms with van der Waals surface area (Å²) in [6.45, 7) is 1.55. The first-order chi connectivity index (χ1) is 9.72. The lowest BCUT2D eigenvalue weighted by Crippen LogP contribution is -2.24. The van der Waals surface area contributed by atoms with Crippen molar-refractivity contribution in [1.29, 1.82) is 0 Å². The van der Waals surface area contributed by atoms with Crippen LogP contribution in [0.1, 0.15) is 11.3 Å². The third-order valence-corrected chi connectivity index (χ3v) is 5.37. The molecule has 0 bridgehead atoms. The second kappa shape index (κ2) is 5.74. The molecule has 3 N–H and O–H groups in total. The summed E-state index contributed by atoms with van der Waals surface area (Å²) in [5.74, 6) is -0.509. The number of halogens is 2. The van der Waals surface area contributed by atoms with Gasteiger partial charge in [0.2, 0.25) is 10.0 Å². The minimum atomic E-state index is -3.83. The van der Waals surface area contributed by atoms with E-state index < -0.39 is 15.8 Å². The van der Waals surface area contributed by atoms with Gasteiger partial charge in [0.15, 0.2) is 5.82 Å². The summed E-state index contributed by atoms with van der Waals surface area (Å²) in [6, 6.07) is 4.06. The standard InChI is InChI=1S/C12H14BrFN4O2S/c1-7-11(12(15)17-18(7)2)21(19,20)16-6-8-5-9(14)3-4-10(8)13/h3-5,16H,6H2,1-2H3,(H2,15,17). The van der Waals surface area contributed by atoms with Gasteiger partial charge < -0.3 is 5.73 Å². The molecule has 2 rings (SSSR count). The number of benzene rings is 1. The fraction of sp³-hybridized carbons (Fsp3) is 0.250. The van der Waals surface area contributed by atoms with Crippen LogP contribution >= 0.6 is 15.9 Å². The number of hydrogen-bond donors (Lipinski definition) is 2. The molecule has 0 spiro atoms. The number of aromatic nitrogens is 2. The molecule has 0 saturated heterocycles. The predicted molar refractivity (Wildman–Crippen MR) is 80.5 cm³/mol. The van der Waals surface area contributed by atoms with E-state index in [9.17, 15) is 12.8 Å². The smallest absolute Gasteiger partial charge is 0.246 e. The van der Waals surface area contributed by atoms with Crippen LogP contribution in [0.5, 0.6) is 0 Å². The molecule has 0 saturated carbocycles. The Morgan fingerprint density at radius 2 is 2.14 bits per heavy atom. The van der Waals surface area contributed by atoms with Crippen LogP contribution in [-0.4, -0.2) is 18.2 Å². The van der Waals surface area contributed by atoms with E-state index in [1.54, 1.807) is 14.0 Å². The molecule has 2 aromatic rings. The van der Waals surface area contributed by atoms with Crippen LogP contribution in [0.15, 0.2) is 27.6 Å². The van der Waals surface area contributed by atoms with Gasteiger partial charge in [0.25, 0.3) is 0 Å². The maximum absolute atomic E-state index is 13.2. The molecular weight excluding hydrogens is 363 g/mol. The molecule has 0 radical (unpaired) electrons. The van der Waals surface area contributed by atoms with E-state index >= 15 is 0 Å². The molecule has 0 atom stereocenters. The van der Waals surface area contributed by atoms with Crippen molar-refractivity contribution >= 4 is 31.8 Å². The fourth-order valence-electron chi connectivity index (χ4n) is 1.87. The maximum Gasteiger partial charge on any atom is 0.246 e. The Labute approximate surface area is 130 Å². The molecule has 1 heterocycles. The van der Waals surface area contributed by atoms with Crippen molar-refractivity contribution in [2.24, 2.45) is 7.05 Å². The second-order valence-electron chi connectivity index (χ2n) is 4.48. The van der Waals surface area contributed by atoms with Crippen molar-refractivity contribution in [2.75, 3.05) is 5.73 Å². The lowest BCUT2D eigenvalue weighted by Gasteiger charge is -2.08. The first-order valence-corrected chi connectivity index (χ1v) is 8.22. The number of nitrogens with zero attached hydrogens (tertiary/aromatic N) is 2. The average molecular weight is 377 g/mol. The van der Waals surface area contributed by atoms with Crippen LogP contribution < -0.4 is 10.5 Å². The van der Waals surface area contributed by atoms with Crippen LogP contribution in [0.2, 0.25) is 0 Å². The van der Waals surface area contributed by atoms with Gasteiger partial charge in [0.05, 0.1) is 5.69 Å². The van der Waals surface area contributed by atoms with E-state index in [1.165, 1.54) is 22.9 Å². The number of hydrogen-bond acceptors (Lipinski definition) is 4. The molecular formula is C12H14BrFN4O2S. The number of sulfonamides is 1. The first kappa shape index (κ1) is 15.9. The van der Waals surface area contributed by atoms with Crippen molar-refractivity contribution in [3.05, 3.63) is 39.7 Å². The molecule has 1 aromatic carbocycles. The summed E-state index contributed by atoms with van der Waals surface area (Å²) >= 11 is 3.24. The molecule has 0 aliphatic heterocycles. The van der Waals surface area contributed by atoms with Crippen molar-refractivity contribution in [1.82, 2.24) is 14.5 Å². The minimum absolute atomic E-state index is 0.0578. The van der Waals surface area contributed by atoms with Gasteiger partial charge in [-0.2, -0.15) is 5.10 Å². The fourth-order valence-corrected chi connectivity index (χ4v) is 3.58. The van der Waals surface area contributed by atoms with Crippen LogP contribution in [0, 0.1) is 12.7 Å². The highest BCUT2D eigenvalue weighted by molar-refractivity contribution is 9.10. The molecule has 6 nitrogen and oxygen atoms in total. The first-order valence-electron chi connectivity index (χ1n) is 5.95. The molecule has 114 valence electrons. The summed E-state index contributed by atoms with van der Waals surface area (Å²) in [6.07, 6.45) is 0. The summed E-state index contributed by atoms with van der Waals surface area (Å²) < 4.78 is 42.2. The summed E-state index contributed by atoms with van der Waals surface area (Å²) in [4.78, 5) is -0.0578. The molecule has 0 aliphatic carbocycles. The Bertz CT molecular complexity index is 789. The van der Waals surface area contributed by atoms with Crippen LogP contribution in [0.25, 0.3) is 0 Å². The normalized spacial score (nSPS) is 11.8. The highest BCUT2D eigenvalue weighted by atomic mass is 79.9. The number of nitrogens with two attached hydrogens (primary N) is 1. The van der Waals surface area contributed by atoms with Gasteiger partial charge in [-0.1, -0.05) is 15.9 Å². The number of nitrogen functional groups attached to an aromatic ring is 1. The van der Waals surface area contributed by atoms with Gasteiger partial charge in [0.1, 0.15) is 10.7 Å². The molecule has 1 aromatic heterocycles. The van der Waals surface area contributed by atoms with Gasteiger partial charge in [-0.25, -0.2) is 17.5 Å². The van der Waals surface area contributed by atoms with Gasteiger partial charge in [-0.05, 0) is 30.7 Å². The summed E-state index contributed by atoms with van der Waals surface area (Å²) in [5.41, 5.74) is 6.54. The number of anilines is 1. The number of aryl methyl sites for hydroxylation is 1. The lowest BCUT2D eigenvalue weighted by atomic mass is 10.2. The molecule has 0 unspecified atom stereocenters. The second-order valence-corrected chi connectivity index (χ2v) is 7.04. The van der Waals surface area contributed by atoms with Gasteiger partial charge in [-0.3, -0.25) is 4.68 Å². The van der Waals surface area contributed by atoms with Crippen molar-refractivity contribution in [2.45, 2.75) is 18.4 Å². The van der Waals surface area contributed by atoms with Crippen molar-refractivity contribution in [3.8, 4) is 0 Å². The lowest BCUT2D eigenvalue weighted by molar-refractivity contribution is 0.579. The van der Waals surface area contributed by atoms with E-state index in [0.29, 0.717) is 15.7 Å². The Morgan fingerprint density at radius 1 is 1.48 bits per heavy atom. The zero-order chi connectivity index (χ0) is 15.8. The van der Waals surface area contributed by atoms with Crippen molar-refractivity contribution < 1.29 is 12.8 Å². The Hall–Kier alpha value is -1.45. The molecule has 21 heavy (non-hydrogen) atoms. The molecule has 0 amide bonds. The van der Waals surface area contributed by atoms with Crippen molar-refractivity contribution in [3.63, 3.8) is 0 Å². The Balaban J connectivity index is 2.28. The zero-order valence-corrected chi connectivity index (χ0v) is 13.8. The molecule has 0 fully saturated rings. The summed E-state index contributed by atoms with van der Waals surface area (Å²) in [5, 5.41) is 3.87. The van der Waals surface area contributed by atoms with Crippen LogP contribution in [0.4, 0.5) is 10.2 Å². The highest BCUT2D eigenvalue weighted by Crippen LogP contribution is 2.22. The highest BCUT2D eigenvalue weighted by Gasteiger charge is 2.24. The predicted octanol–water partition coefficient (Wildman–Crippen LogP) is 1.69. The molecule has 9 heteroatoms. The van der Waals surface area contributed by atoms with Crippen LogP contribution in [-0.2, 0) is 23.6 Å².